The number of ether oxygens (including phenoxy) is 2. The fraction of sp³-hybridized carbons (Fsp3) is 0.538. The average molecular weight is 300 g/mol. The van der Waals surface area contributed by atoms with Crippen LogP contribution in [-0.4, -0.2) is 34.8 Å². The van der Waals surface area contributed by atoms with Crippen LogP contribution in [0.2, 0.25) is 0 Å². The Bertz CT molecular complexity index is 574. The number of sulfonamides is 1. The highest BCUT2D eigenvalue weighted by atomic mass is 32.2. The molecule has 0 heterocycles. The van der Waals surface area contributed by atoms with Gasteiger partial charge in [0.05, 0.1) is 18.9 Å². The molecule has 1 aliphatic carbocycles. The topological polar surface area (TPSA) is 90.7 Å². The number of anilines is 1. The standard InChI is InChI=1S/C13H20N2O4S/c1-18-9-6-7-13(10(14)8-9)20(16,17)15-11-4-3-5-12(11)19-2/h6-8,11-12,15H,3-5,14H2,1-2H3. The van der Waals surface area contributed by atoms with Crippen molar-refractivity contribution in [1.82, 2.24) is 4.72 Å². The van der Waals surface area contributed by atoms with Crippen molar-refractivity contribution in [2.75, 3.05) is 20.0 Å². The van der Waals surface area contributed by atoms with Crippen LogP contribution in [0.1, 0.15) is 19.3 Å². The van der Waals surface area contributed by atoms with Crippen LogP contribution in [0.15, 0.2) is 23.1 Å². The number of hydrogen-bond acceptors (Lipinski definition) is 5. The highest BCUT2D eigenvalue weighted by Gasteiger charge is 2.32. The molecule has 6 nitrogen and oxygen atoms in total. The van der Waals surface area contributed by atoms with Crippen molar-refractivity contribution in [3.63, 3.8) is 0 Å². The maximum Gasteiger partial charge on any atom is 0.242 e. The lowest BCUT2D eigenvalue weighted by molar-refractivity contribution is 0.0916. The molecule has 2 rings (SSSR count). The molecule has 0 aromatic heterocycles. The van der Waals surface area contributed by atoms with E-state index in [0.29, 0.717) is 5.75 Å². The molecule has 0 aliphatic heterocycles. The summed E-state index contributed by atoms with van der Waals surface area (Å²) >= 11 is 0. The summed E-state index contributed by atoms with van der Waals surface area (Å²) in [6.45, 7) is 0. The monoisotopic (exact) mass is 300 g/mol. The van der Waals surface area contributed by atoms with Gasteiger partial charge in [0.1, 0.15) is 10.6 Å². The van der Waals surface area contributed by atoms with Crippen LogP contribution in [0.4, 0.5) is 5.69 Å². The molecule has 1 aromatic carbocycles. The molecule has 1 aromatic rings. The third kappa shape index (κ3) is 3.05. The van der Waals surface area contributed by atoms with Crippen molar-refractivity contribution < 1.29 is 17.9 Å². The minimum Gasteiger partial charge on any atom is -0.497 e. The van der Waals surface area contributed by atoms with E-state index in [1.165, 1.54) is 19.2 Å². The minimum absolute atomic E-state index is 0.0695. The molecule has 112 valence electrons. The number of methoxy groups -OCH3 is 2. The number of nitrogens with one attached hydrogen (secondary N) is 1. The van der Waals surface area contributed by atoms with Crippen molar-refractivity contribution in [2.45, 2.75) is 36.3 Å². The molecule has 3 N–H and O–H groups in total. The van der Waals surface area contributed by atoms with E-state index in [4.69, 9.17) is 15.2 Å². The number of hydrogen-bond donors (Lipinski definition) is 2. The first kappa shape index (κ1) is 15.1. The van der Waals surface area contributed by atoms with Gasteiger partial charge in [-0.25, -0.2) is 13.1 Å². The highest BCUT2D eigenvalue weighted by molar-refractivity contribution is 7.89. The van der Waals surface area contributed by atoms with Crippen LogP contribution in [0, 0.1) is 0 Å². The zero-order valence-electron chi connectivity index (χ0n) is 11.6. The second kappa shape index (κ2) is 5.99. The molecule has 1 aliphatic rings. The maximum atomic E-state index is 12.4. The summed E-state index contributed by atoms with van der Waals surface area (Å²) in [5.74, 6) is 0.525. The summed E-state index contributed by atoms with van der Waals surface area (Å²) < 4.78 is 37.8. The fourth-order valence-electron chi connectivity index (χ4n) is 2.50. The van der Waals surface area contributed by atoms with Crippen LogP contribution in [0.5, 0.6) is 5.75 Å². The van der Waals surface area contributed by atoms with Crippen molar-refractivity contribution >= 4 is 15.7 Å². The van der Waals surface area contributed by atoms with E-state index in [-0.39, 0.29) is 22.7 Å². The van der Waals surface area contributed by atoms with Gasteiger partial charge in [-0.1, -0.05) is 0 Å². The molecule has 0 spiro atoms. The number of nitrogens with two attached hydrogens (primary N) is 1. The van der Waals surface area contributed by atoms with Gasteiger partial charge in [0.2, 0.25) is 10.0 Å². The first-order valence-corrected chi connectivity index (χ1v) is 7.95. The van der Waals surface area contributed by atoms with Gasteiger partial charge in [0.25, 0.3) is 0 Å². The third-order valence-corrected chi connectivity index (χ3v) is 5.13. The van der Waals surface area contributed by atoms with E-state index in [2.05, 4.69) is 4.72 Å². The first-order chi connectivity index (χ1) is 9.47. The van der Waals surface area contributed by atoms with Crippen molar-refractivity contribution in [2.24, 2.45) is 0 Å². The van der Waals surface area contributed by atoms with Crippen LogP contribution >= 0.6 is 0 Å². The van der Waals surface area contributed by atoms with E-state index in [9.17, 15) is 8.42 Å². The lowest BCUT2D eigenvalue weighted by Crippen LogP contribution is -2.40. The summed E-state index contributed by atoms with van der Waals surface area (Å²) in [5.41, 5.74) is 5.96. The molecule has 7 heteroatoms. The van der Waals surface area contributed by atoms with Crippen LogP contribution in [0.3, 0.4) is 0 Å². The van der Waals surface area contributed by atoms with Crippen LogP contribution < -0.4 is 15.2 Å². The largest absolute Gasteiger partial charge is 0.497 e. The molecule has 2 unspecified atom stereocenters. The summed E-state index contributed by atoms with van der Waals surface area (Å²) in [5, 5.41) is 0. The quantitative estimate of drug-likeness (QED) is 0.795. The Hall–Kier alpha value is -1.31. The van der Waals surface area contributed by atoms with Gasteiger partial charge in [0.15, 0.2) is 0 Å². The maximum absolute atomic E-state index is 12.4. The lowest BCUT2D eigenvalue weighted by atomic mass is 10.2. The van der Waals surface area contributed by atoms with Crippen molar-refractivity contribution in [3.05, 3.63) is 18.2 Å². The van der Waals surface area contributed by atoms with Gasteiger partial charge in [-0.15, -0.1) is 0 Å². The second-order valence-corrected chi connectivity index (χ2v) is 6.52. The molecule has 1 saturated carbocycles. The molecular formula is C13H20N2O4S. The minimum atomic E-state index is -3.65. The normalized spacial score (nSPS) is 22.9. The SMILES string of the molecule is COc1ccc(S(=O)(=O)NC2CCCC2OC)c(N)c1. The van der Waals surface area contributed by atoms with E-state index < -0.39 is 10.0 Å². The summed E-state index contributed by atoms with van der Waals surface area (Å²) in [4.78, 5) is 0.0695. The van der Waals surface area contributed by atoms with Gasteiger partial charge in [-0.2, -0.15) is 0 Å². The predicted molar refractivity (Wildman–Crippen MR) is 76.2 cm³/mol. The van der Waals surface area contributed by atoms with Gasteiger partial charge in [-0.3, -0.25) is 0 Å². The van der Waals surface area contributed by atoms with E-state index in [0.717, 1.165) is 19.3 Å². The molecule has 0 bridgehead atoms. The molecule has 0 saturated heterocycles. The Balaban J connectivity index is 2.22. The Morgan fingerprint density at radius 1 is 1.30 bits per heavy atom. The zero-order chi connectivity index (χ0) is 14.8. The smallest absolute Gasteiger partial charge is 0.242 e. The Morgan fingerprint density at radius 3 is 2.65 bits per heavy atom. The van der Waals surface area contributed by atoms with Crippen molar-refractivity contribution in [1.29, 1.82) is 0 Å². The summed E-state index contributed by atoms with van der Waals surface area (Å²) in [7, 11) is -0.554. The summed E-state index contributed by atoms with van der Waals surface area (Å²) in [6.07, 6.45) is 2.50. The highest BCUT2D eigenvalue weighted by Crippen LogP contribution is 2.27. The third-order valence-electron chi connectivity index (χ3n) is 3.57. The molecular weight excluding hydrogens is 280 g/mol. The van der Waals surface area contributed by atoms with Crippen LogP contribution in [0.25, 0.3) is 0 Å². The van der Waals surface area contributed by atoms with Gasteiger partial charge < -0.3 is 15.2 Å². The Labute approximate surface area is 119 Å². The van der Waals surface area contributed by atoms with Gasteiger partial charge in [0, 0.05) is 19.2 Å². The lowest BCUT2D eigenvalue weighted by Gasteiger charge is -2.20. The van der Waals surface area contributed by atoms with Gasteiger partial charge >= 0.3 is 0 Å². The summed E-state index contributed by atoms with van der Waals surface area (Å²) in [6, 6.07) is 4.32. The zero-order valence-corrected chi connectivity index (χ0v) is 12.4. The van der Waals surface area contributed by atoms with E-state index in [1.807, 2.05) is 0 Å². The molecule has 0 radical (unpaired) electrons. The number of nitrogen functional groups attached to an aromatic ring is 1. The predicted octanol–water partition coefficient (Wildman–Crippen LogP) is 1.12. The second-order valence-electron chi connectivity index (χ2n) is 4.84. The number of rotatable bonds is 5. The van der Waals surface area contributed by atoms with Gasteiger partial charge in [-0.05, 0) is 31.4 Å². The van der Waals surface area contributed by atoms with E-state index >= 15 is 0 Å². The van der Waals surface area contributed by atoms with Crippen LogP contribution in [-0.2, 0) is 14.8 Å². The van der Waals surface area contributed by atoms with E-state index in [1.54, 1.807) is 13.2 Å². The van der Waals surface area contributed by atoms with Crippen molar-refractivity contribution in [3.8, 4) is 5.75 Å². The fourth-order valence-corrected chi connectivity index (χ4v) is 3.92. The Morgan fingerprint density at radius 2 is 2.05 bits per heavy atom. The Kier molecular flexibility index (Phi) is 4.52. The first-order valence-electron chi connectivity index (χ1n) is 6.46. The average Bonchev–Trinajstić information content (AvgIpc) is 2.84. The molecule has 1 fully saturated rings. The number of benzene rings is 1. The molecule has 0 amide bonds. The molecule has 2 atom stereocenters. The molecule has 20 heavy (non-hydrogen) atoms.